The van der Waals surface area contributed by atoms with Crippen LogP contribution in [0.5, 0.6) is 0 Å². The van der Waals surface area contributed by atoms with E-state index in [1.54, 1.807) is 12.1 Å². The number of piperazine rings is 1. The predicted molar refractivity (Wildman–Crippen MR) is 150 cm³/mol. The molecule has 0 radical (unpaired) electrons. The Labute approximate surface area is 222 Å². The topological polar surface area (TPSA) is 47.6 Å². The van der Waals surface area contributed by atoms with Crippen molar-refractivity contribution >= 4 is 57.8 Å². The van der Waals surface area contributed by atoms with Gasteiger partial charge in [-0.15, -0.1) is 0 Å². The SMILES string of the molecule is CCc1ccc(C(=O)NC(=S)Nc2ccc(N3CCN(Cc4ccccc4Cl)CC3)c(Cl)c2)cc1. The van der Waals surface area contributed by atoms with Crippen molar-refractivity contribution in [2.45, 2.75) is 19.9 Å². The van der Waals surface area contributed by atoms with Gasteiger partial charge in [0.1, 0.15) is 0 Å². The van der Waals surface area contributed by atoms with E-state index in [1.165, 1.54) is 5.56 Å². The molecule has 1 aliphatic heterocycles. The van der Waals surface area contributed by atoms with Gasteiger partial charge in [0.2, 0.25) is 0 Å². The molecule has 1 aliphatic rings. The van der Waals surface area contributed by atoms with Gasteiger partial charge in [0.15, 0.2) is 5.11 Å². The van der Waals surface area contributed by atoms with Crippen LogP contribution in [0.3, 0.4) is 0 Å². The number of halogens is 2. The van der Waals surface area contributed by atoms with Gasteiger partial charge in [0.05, 0.1) is 10.7 Å². The zero-order valence-electron chi connectivity index (χ0n) is 19.6. The van der Waals surface area contributed by atoms with Crippen LogP contribution in [-0.2, 0) is 13.0 Å². The van der Waals surface area contributed by atoms with Crippen LogP contribution in [0.25, 0.3) is 0 Å². The molecule has 0 saturated carbocycles. The maximum atomic E-state index is 12.5. The summed E-state index contributed by atoms with van der Waals surface area (Å²) in [5, 5.41) is 7.45. The molecular weight excluding hydrogens is 499 g/mol. The second-order valence-electron chi connectivity index (χ2n) is 8.48. The van der Waals surface area contributed by atoms with E-state index in [4.69, 9.17) is 35.4 Å². The van der Waals surface area contributed by atoms with Crippen LogP contribution in [0.15, 0.2) is 66.7 Å². The van der Waals surface area contributed by atoms with E-state index < -0.39 is 0 Å². The molecule has 4 rings (SSSR count). The first-order valence-electron chi connectivity index (χ1n) is 11.6. The van der Waals surface area contributed by atoms with Crippen LogP contribution in [0.4, 0.5) is 11.4 Å². The molecule has 1 saturated heterocycles. The lowest BCUT2D eigenvalue weighted by atomic mass is 10.1. The van der Waals surface area contributed by atoms with E-state index in [1.807, 2.05) is 48.5 Å². The summed E-state index contributed by atoms with van der Waals surface area (Å²) in [6, 6.07) is 21.2. The molecular formula is C27H28Cl2N4OS. The zero-order chi connectivity index (χ0) is 24.8. The first-order chi connectivity index (χ1) is 16.9. The maximum absolute atomic E-state index is 12.5. The lowest BCUT2D eigenvalue weighted by Gasteiger charge is -2.36. The largest absolute Gasteiger partial charge is 0.368 e. The first-order valence-corrected chi connectivity index (χ1v) is 12.8. The molecule has 0 bridgehead atoms. The third kappa shape index (κ3) is 6.73. The Kier molecular flexibility index (Phi) is 8.63. The number of carbonyl (C=O) groups excluding carboxylic acids is 1. The maximum Gasteiger partial charge on any atom is 0.257 e. The minimum Gasteiger partial charge on any atom is -0.368 e. The Balaban J connectivity index is 1.30. The van der Waals surface area contributed by atoms with Crippen molar-refractivity contribution in [1.82, 2.24) is 10.2 Å². The molecule has 0 aliphatic carbocycles. The van der Waals surface area contributed by atoms with Gasteiger partial charge in [-0.2, -0.15) is 0 Å². The molecule has 1 fully saturated rings. The molecule has 5 nitrogen and oxygen atoms in total. The highest BCUT2D eigenvalue weighted by molar-refractivity contribution is 7.80. The van der Waals surface area contributed by atoms with E-state index in [2.05, 4.69) is 33.4 Å². The van der Waals surface area contributed by atoms with Gasteiger partial charge in [0, 0.05) is 49.0 Å². The summed E-state index contributed by atoms with van der Waals surface area (Å²) in [6.07, 6.45) is 0.927. The number of aryl methyl sites for hydroxylation is 1. The first kappa shape index (κ1) is 25.5. The van der Waals surface area contributed by atoms with Gasteiger partial charge in [-0.3, -0.25) is 15.0 Å². The summed E-state index contributed by atoms with van der Waals surface area (Å²) in [5.41, 5.74) is 4.60. The fourth-order valence-electron chi connectivity index (χ4n) is 4.08. The Morgan fingerprint density at radius 1 is 0.943 bits per heavy atom. The van der Waals surface area contributed by atoms with E-state index in [0.29, 0.717) is 10.6 Å². The molecule has 35 heavy (non-hydrogen) atoms. The number of nitrogens with one attached hydrogen (secondary N) is 2. The second kappa shape index (κ2) is 11.9. The highest BCUT2D eigenvalue weighted by atomic mass is 35.5. The molecule has 1 amide bonds. The van der Waals surface area contributed by atoms with Crippen LogP contribution in [0, 0.1) is 0 Å². The lowest BCUT2D eigenvalue weighted by Crippen LogP contribution is -2.46. The number of benzene rings is 3. The monoisotopic (exact) mass is 526 g/mol. The molecule has 0 atom stereocenters. The van der Waals surface area contributed by atoms with Gasteiger partial charge in [-0.1, -0.05) is 60.5 Å². The second-order valence-corrected chi connectivity index (χ2v) is 9.70. The van der Waals surface area contributed by atoms with Crippen molar-refractivity contribution < 1.29 is 4.79 Å². The fraction of sp³-hybridized carbons (Fsp3) is 0.259. The van der Waals surface area contributed by atoms with E-state index >= 15 is 0 Å². The van der Waals surface area contributed by atoms with Crippen molar-refractivity contribution in [3.63, 3.8) is 0 Å². The van der Waals surface area contributed by atoms with Crippen LogP contribution in [0.2, 0.25) is 10.0 Å². The summed E-state index contributed by atoms with van der Waals surface area (Å²) in [4.78, 5) is 17.1. The van der Waals surface area contributed by atoms with Gasteiger partial charge in [0.25, 0.3) is 5.91 Å². The van der Waals surface area contributed by atoms with Gasteiger partial charge in [-0.25, -0.2) is 0 Å². The normalized spacial score (nSPS) is 14.0. The number of thiocarbonyl (C=S) groups is 1. The van der Waals surface area contributed by atoms with E-state index in [9.17, 15) is 4.79 Å². The Bertz CT molecular complexity index is 1190. The zero-order valence-corrected chi connectivity index (χ0v) is 21.9. The highest BCUT2D eigenvalue weighted by Crippen LogP contribution is 2.30. The molecule has 2 N–H and O–H groups in total. The van der Waals surface area contributed by atoms with Crippen molar-refractivity contribution in [2.24, 2.45) is 0 Å². The number of anilines is 2. The summed E-state index contributed by atoms with van der Waals surface area (Å²) < 4.78 is 0. The average molecular weight is 528 g/mol. The van der Waals surface area contributed by atoms with Crippen molar-refractivity contribution in [2.75, 3.05) is 36.4 Å². The van der Waals surface area contributed by atoms with Crippen LogP contribution in [0.1, 0.15) is 28.4 Å². The minimum absolute atomic E-state index is 0.228. The third-order valence-electron chi connectivity index (χ3n) is 6.12. The van der Waals surface area contributed by atoms with Crippen molar-refractivity contribution in [3.8, 4) is 0 Å². The highest BCUT2D eigenvalue weighted by Gasteiger charge is 2.20. The van der Waals surface area contributed by atoms with Crippen LogP contribution >= 0.6 is 35.4 Å². The molecule has 0 spiro atoms. The minimum atomic E-state index is -0.248. The molecule has 182 valence electrons. The molecule has 8 heteroatoms. The molecule has 0 unspecified atom stereocenters. The fourth-order valence-corrected chi connectivity index (χ4v) is 4.79. The van der Waals surface area contributed by atoms with Gasteiger partial charge < -0.3 is 10.2 Å². The van der Waals surface area contributed by atoms with E-state index in [-0.39, 0.29) is 11.0 Å². The number of carbonyl (C=O) groups is 1. The summed E-state index contributed by atoms with van der Waals surface area (Å²) in [5.74, 6) is -0.248. The lowest BCUT2D eigenvalue weighted by molar-refractivity contribution is 0.0977. The Morgan fingerprint density at radius 3 is 2.31 bits per heavy atom. The van der Waals surface area contributed by atoms with Crippen LogP contribution < -0.4 is 15.5 Å². The number of rotatable bonds is 6. The third-order valence-corrected chi connectivity index (χ3v) is 7.00. The quantitative estimate of drug-likeness (QED) is 0.385. The predicted octanol–water partition coefficient (Wildman–Crippen LogP) is 6.00. The van der Waals surface area contributed by atoms with Gasteiger partial charge in [-0.05, 0) is 66.2 Å². The molecule has 0 aromatic heterocycles. The van der Waals surface area contributed by atoms with E-state index in [0.717, 1.165) is 61.1 Å². The standard InChI is InChI=1S/C27H28Cl2N4OS/c1-2-19-7-9-20(10-8-19)26(34)31-27(35)30-22-11-12-25(24(29)17-22)33-15-13-32(14-16-33)18-21-5-3-4-6-23(21)28/h3-12,17H,2,13-16,18H2,1H3,(H2,30,31,34,35). The molecule has 3 aromatic rings. The Morgan fingerprint density at radius 2 is 1.66 bits per heavy atom. The smallest absolute Gasteiger partial charge is 0.257 e. The molecule has 1 heterocycles. The number of hydrogen-bond acceptors (Lipinski definition) is 4. The van der Waals surface area contributed by atoms with Gasteiger partial charge >= 0.3 is 0 Å². The number of hydrogen-bond donors (Lipinski definition) is 2. The number of amides is 1. The summed E-state index contributed by atoms with van der Waals surface area (Å²) in [6.45, 7) is 6.53. The van der Waals surface area contributed by atoms with Crippen LogP contribution in [-0.4, -0.2) is 42.1 Å². The van der Waals surface area contributed by atoms with Crippen molar-refractivity contribution in [1.29, 1.82) is 0 Å². The molecule has 3 aromatic carbocycles. The van der Waals surface area contributed by atoms with Crippen molar-refractivity contribution in [3.05, 3.63) is 93.5 Å². The number of nitrogens with zero attached hydrogens (tertiary/aromatic N) is 2. The average Bonchev–Trinajstić information content (AvgIpc) is 2.86. The Hall–Kier alpha value is -2.64. The summed E-state index contributed by atoms with van der Waals surface area (Å²) >= 11 is 18.3. The summed E-state index contributed by atoms with van der Waals surface area (Å²) in [7, 11) is 0.